The van der Waals surface area contributed by atoms with Crippen LogP contribution in [0.15, 0.2) is 58.0 Å². The van der Waals surface area contributed by atoms with Crippen molar-refractivity contribution in [1.82, 2.24) is 10.6 Å². The summed E-state index contributed by atoms with van der Waals surface area (Å²) in [6.07, 6.45) is 4.20. The van der Waals surface area contributed by atoms with Crippen molar-refractivity contribution in [3.05, 3.63) is 59.2 Å². The van der Waals surface area contributed by atoms with Gasteiger partial charge in [0.2, 0.25) is 0 Å². The first-order valence-electron chi connectivity index (χ1n) is 7.53. The van der Waals surface area contributed by atoms with E-state index in [0.717, 1.165) is 17.1 Å². The topological polar surface area (TPSA) is 69.8 Å². The van der Waals surface area contributed by atoms with Crippen molar-refractivity contribution < 1.29 is 9.52 Å². The number of rotatable bonds is 8. The fourth-order valence-electron chi connectivity index (χ4n) is 2.00. The van der Waals surface area contributed by atoms with Gasteiger partial charge >= 0.3 is 0 Å². The van der Waals surface area contributed by atoms with Crippen LogP contribution in [0.5, 0.6) is 0 Å². The summed E-state index contributed by atoms with van der Waals surface area (Å²) in [5.74, 6) is 1.57. The van der Waals surface area contributed by atoms with Crippen LogP contribution in [0.25, 0.3) is 0 Å². The second-order valence-electron chi connectivity index (χ2n) is 5.34. The predicted octanol–water partition coefficient (Wildman–Crippen LogP) is 2.51. The smallest absolute Gasteiger partial charge is 0.191 e. The highest BCUT2D eigenvalue weighted by Gasteiger charge is 2.23. The van der Waals surface area contributed by atoms with E-state index >= 15 is 0 Å². The minimum atomic E-state index is -0.974. The highest BCUT2D eigenvalue weighted by molar-refractivity contribution is 7.10. The van der Waals surface area contributed by atoms with E-state index in [1.165, 1.54) is 11.3 Å². The van der Waals surface area contributed by atoms with E-state index in [-0.39, 0.29) is 6.54 Å². The minimum Gasteiger partial charge on any atom is -0.469 e. The molecule has 0 aliphatic carbocycles. The van der Waals surface area contributed by atoms with Crippen molar-refractivity contribution in [2.75, 3.05) is 19.6 Å². The molecular formula is C17H23N3O2S. The Balaban J connectivity index is 1.91. The van der Waals surface area contributed by atoms with Crippen LogP contribution in [0.1, 0.15) is 17.6 Å². The zero-order valence-electron chi connectivity index (χ0n) is 13.3. The molecule has 1 atom stereocenters. The number of furan rings is 1. The second kappa shape index (κ2) is 8.55. The third-order valence-electron chi connectivity index (χ3n) is 3.25. The quantitative estimate of drug-likeness (QED) is 0.394. The number of thiophene rings is 1. The molecule has 0 radical (unpaired) electrons. The van der Waals surface area contributed by atoms with Crippen LogP contribution in [0, 0.1) is 0 Å². The summed E-state index contributed by atoms with van der Waals surface area (Å²) < 4.78 is 5.30. The summed E-state index contributed by atoms with van der Waals surface area (Å²) in [5, 5.41) is 18.9. The van der Waals surface area contributed by atoms with Gasteiger partial charge in [-0.25, -0.2) is 4.99 Å². The zero-order valence-corrected chi connectivity index (χ0v) is 14.1. The molecule has 6 heteroatoms. The summed E-state index contributed by atoms with van der Waals surface area (Å²) in [7, 11) is 0. The standard InChI is InChI=1S/C17H23N3O2S/c1-3-9-18-16(19-10-8-14-6-4-11-22-14)20-13-17(2,21)15-7-5-12-23-15/h3-7,11-12,21H,1,8-10,13H2,2H3,(H2,18,19,20). The molecule has 2 aromatic heterocycles. The molecule has 1 unspecified atom stereocenters. The first kappa shape index (κ1) is 17.3. The Morgan fingerprint density at radius 1 is 1.43 bits per heavy atom. The lowest BCUT2D eigenvalue weighted by molar-refractivity contribution is 0.0711. The molecule has 124 valence electrons. The third-order valence-corrected chi connectivity index (χ3v) is 4.38. The average Bonchev–Trinajstić information content (AvgIpc) is 3.22. The lowest BCUT2D eigenvalue weighted by Crippen LogP contribution is -2.39. The molecule has 3 N–H and O–H groups in total. The summed E-state index contributed by atoms with van der Waals surface area (Å²) in [6.45, 7) is 7.04. The Bertz CT molecular complexity index is 604. The van der Waals surface area contributed by atoms with Crippen LogP contribution in [0.3, 0.4) is 0 Å². The first-order chi connectivity index (χ1) is 11.1. The number of hydrogen-bond donors (Lipinski definition) is 3. The fraction of sp³-hybridized carbons (Fsp3) is 0.353. The van der Waals surface area contributed by atoms with Gasteiger partial charge in [-0.1, -0.05) is 12.1 Å². The van der Waals surface area contributed by atoms with Crippen LogP contribution in [-0.4, -0.2) is 30.7 Å². The SMILES string of the molecule is C=CCNC(=NCC(C)(O)c1cccs1)NCCc1ccco1. The molecule has 0 saturated carbocycles. The van der Waals surface area contributed by atoms with Gasteiger partial charge in [0, 0.05) is 24.4 Å². The van der Waals surface area contributed by atoms with E-state index in [4.69, 9.17) is 4.42 Å². The maximum absolute atomic E-state index is 10.5. The van der Waals surface area contributed by atoms with Crippen LogP contribution in [0.2, 0.25) is 0 Å². The number of nitrogens with zero attached hydrogens (tertiary/aromatic N) is 1. The number of aliphatic imine (C=N–C) groups is 1. The fourth-order valence-corrected chi connectivity index (χ4v) is 2.78. The van der Waals surface area contributed by atoms with Crippen LogP contribution in [-0.2, 0) is 12.0 Å². The van der Waals surface area contributed by atoms with E-state index in [0.29, 0.717) is 19.0 Å². The molecule has 2 heterocycles. The molecule has 0 spiro atoms. The molecule has 0 aliphatic rings. The van der Waals surface area contributed by atoms with Crippen molar-refractivity contribution in [3.63, 3.8) is 0 Å². The van der Waals surface area contributed by atoms with E-state index in [2.05, 4.69) is 22.2 Å². The molecule has 2 rings (SSSR count). The van der Waals surface area contributed by atoms with Crippen molar-refractivity contribution >= 4 is 17.3 Å². The molecule has 0 aliphatic heterocycles. The first-order valence-corrected chi connectivity index (χ1v) is 8.41. The van der Waals surface area contributed by atoms with Crippen LogP contribution in [0.4, 0.5) is 0 Å². The number of guanidine groups is 1. The number of nitrogens with one attached hydrogen (secondary N) is 2. The minimum absolute atomic E-state index is 0.279. The zero-order chi connectivity index (χ0) is 16.5. The van der Waals surface area contributed by atoms with Gasteiger partial charge in [-0.3, -0.25) is 0 Å². The Labute approximate surface area is 140 Å². The summed E-state index contributed by atoms with van der Waals surface area (Å²) in [4.78, 5) is 5.38. The summed E-state index contributed by atoms with van der Waals surface area (Å²) >= 11 is 1.53. The van der Waals surface area contributed by atoms with E-state index in [1.54, 1.807) is 19.3 Å². The molecule has 0 bridgehead atoms. The highest BCUT2D eigenvalue weighted by atomic mass is 32.1. The van der Waals surface area contributed by atoms with Gasteiger partial charge in [0.05, 0.1) is 12.8 Å². The van der Waals surface area contributed by atoms with Gasteiger partial charge in [0.15, 0.2) is 5.96 Å². The van der Waals surface area contributed by atoms with Crippen molar-refractivity contribution in [2.45, 2.75) is 18.9 Å². The van der Waals surface area contributed by atoms with E-state index in [9.17, 15) is 5.11 Å². The van der Waals surface area contributed by atoms with Crippen molar-refractivity contribution in [3.8, 4) is 0 Å². The Morgan fingerprint density at radius 2 is 2.30 bits per heavy atom. The molecule has 0 fully saturated rings. The van der Waals surface area contributed by atoms with Crippen LogP contribution < -0.4 is 10.6 Å². The Hall–Kier alpha value is -2.05. The van der Waals surface area contributed by atoms with Crippen molar-refractivity contribution in [2.24, 2.45) is 4.99 Å². The highest BCUT2D eigenvalue weighted by Crippen LogP contribution is 2.25. The number of aliphatic hydroxyl groups is 1. The normalized spacial score (nSPS) is 14.3. The van der Waals surface area contributed by atoms with Gasteiger partial charge in [-0.2, -0.15) is 0 Å². The maximum atomic E-state index is 10.5. The Kier molecular flexibility index (Phi) is 6.43. The van der Waals surface area contributed by atoms with E-state index < -0.39 is 5.60 Å². The predicted molar refractivity (Wildman–Crippen MR) is 94.8 cm³/mol. The number of hydrogen-bond acceptors (Lipinski definition) is 4. The molecule has 0 saturated heterocycles. The average molecular weight is 333 g/mol. The van der Waals surface area contributed by atoms with Crippen LogP contribution >= 0.6 is 11.3 Å². The lowest BCUT2D eigenvalue weighted by Gasteiger charge is -2.20. The van der Waals surface area contributed by atoms with E-state index in [1.807, 2.05) is 29.6 Å². The second-order valence-corrected chi connectivity index (χ2v) is 6.29. The molecule has 0 amide bonds. The van der Waals surface area contributed by atoms with Crippen molar-refractivity contribution in [1.29, 1.82) is 0 Å². The third kappa shape index (κ3) is 5.58. The van der Waals surface area contributed by atoms with Gasteiger partial charge in [-0.15, -0.1) is 17.9 Å². The maximum Gasteiger partial charge on any atom is 0.191 e. The summed E-state index contributed by atoms with van der Waals surface area (Å²) in [6, 6.07) is 7.66. The largest absolute Gasteiger partial charge is 0.469 e. The molecule has 0 aromatic carbocycles. The van der Waals surface area contributed by atoms with Gasteiger partial charge < -0.3 is 20.2 Å². The molecule has 2 aromatic rings. The monoisotopic (exact) mass is 333 g/mol. The summed E-state index contributed by atoms with van der Waals surface area (Å²) in [5.41, 5.74) is -0.974. The van der Waals surface area contributed by atoms with Gasteiger partial charge in [0.25, 0.3) is 0 Å². The lowest BCUT2D eigenvalue weighted by atomic mass is 10.1. The molecule has 5 nitrogen and oxygen atoms in total. The molecule has 23 heavy (non-hydrogen) atoms. The van der Waals surface area contributed by atoms with Gasteiger partial charge in [0.1, 0.15) is 11.4 Å². The van der Waals surface area contributed by atoms with Gasteiger partial charge in [-0.05, 0) is 30.5 Å². The Morgan fingerprint density at radius 3 is 2.96 bits per heavy atom. The molecular weight excluding hydrogens is 310 g/mol.